The van der Waals surface area contributed by atoms with Gasteiger partial charge in [-0.3, -0.25) is 14.9 Å². The SMILES string of the molecule is O=C(NO)c1cccc(-c2ccc(C#Cc3ccc(CN4CCOCC4)cc3)cc2)c1. The maximum atomic E-state index is 11.6. The van der Waals surface area contributed by atoms with E-state index >= 15 is 0 Å². The number of amides is 1. The van der Waals surface area contributed by atoms with Crippen LogP contribution >= 0.6 is 0 Å². The summed E-state index contributed by atoms with van der Waals surface area (Å²) in [7, 11) is 0. The van der Waals surface area contributed by atoms with Gasteiger partial charge >= 0.3 is 0 Å². The summed E-state index contributed by atoms with van der Waals surface area (Å²) in [5.74, 6) is 5.90. The van der Waals surface area contributed by atoms with Gasteiger partial charge in [0, 0.05) is 36.3 Å². The minimum absolute atomic E-state index is 0.404. The summed E-state index contributed by atoms with van der Waals surface area (Å²) in [5, 5.41) is 8.81. The predicted molar refractivity (Wildman–Crippen MR) is 120 cm³/mol. The fourth-order valence-electron chi connectivity index (χ4n) is 3.51. The molecular formula is C26H24N2O3. The monoisotopic (exact) mass is 412 g/mol. The fourth-order valence-corrected chi connectivity index (χ4v) is 3.51. The van der Waals surface area contributed by atoms with Gasteiger partial charge in [0.05, 0.1) is 13.2 Å². The molecule has 3 aromatic rings. The lowest BCUT2D eigenvalue weighted by molar-refractivity contribution is 0.0342. The third-order valence-corrected chi connectivity index (χ3v) is 5.26. The minimum atomic E-state index is -0.527. The molecule has 1 aliphatic heterocycles. The highest BCUT2D eigenvalue weighted by Gasteiger charge is 2.10. The summed E-state index contributed by atoms with van der Waals surface area (Å²) in [6.45, 7) is 4.53. The molecule has 0 spiro atoms. The number of hydrogen-bond acceptors (Lipinski definition) is 4. The number of nitrogens with zero attached hydrogens (tertiary/aromatic N) is 1. The van der Waals surface area contributed by atoms with Crippen molar-refractivity contribution in [1.82, 2.24) is 10.4 Å². The summed E-state index contributed by atoms with van der Waals surface area (Å²) in [6.07, 6.45) is 0. The van der Waals surface area contributed by atoms with Crippen molar-refractivity contribution >= 4 is 5.91 Å². The first kappa shape index (κ1) is 20.8. The van der Waals surface area contributed by atoms with E-state index in [-0.39, 0.29) is 0 Å². The standard InChI is InChI=1S/C26H24N2O3/c29-26(27-30)25-3-1-2-24(18-25)23-12-10-21(11-13-23)5-4-20-6-8-22(9-7-20)19-28-14-16-31-17-15-28/h1-3,6-13,18,30H,14-17,19H2,(H,27,29). The van der Waals surface area contributed by atoms with Crippen molar-refractivity contribution in [1.29, 1.82) is 0 Å². The lowest BCUT2D eigenvalue weighted by atomic mass is 10.0. The Hall–Kier alpha value is -3.43. The van der Waals surface area contributed by atoms with E-state index in [0.717, 1.165) is 55.1 Å². The van der Waals surface area contributed by atoms with E-state index < -0.39 is 5.91 Å². The zero-order valence-electron chi connectivity index (χ0n) is 17.2. The van der Waals surface area contributed by atoms with Crippen LogP contribution in [0.2, 0.25) is 0 Å². The summed E-state index contributed by atoms with van der Waals surface area (Å²) in [6, 6.07) is 23.4. The normalized spacial score (nSPS) is 13.8. The van der Waals surface area contributed by atoms with E-state index in [1.54, 1.807) is 23.7 Å². The first-order valence-corrected chi connectivity index (χ1v) is 10.3. The lowest BCUT2D eigenvalue weighted by Gasteiger charge is -2.26. The van der Waals surface area contributed by atoms with Crippen molar-refractivity contribution in [2.45, 2.75) is 6.54 Å². The van der Waals surface area contributed by atoms with Gasteiger partial charge in [-0.1, -0.05) is 48.2 Å². The molecule has 156 valence electrons. The Morgan fingerprint density at radius 1 is 0.903 bits per heavy atom. The minimum Gasteiger partial charge on any atom is -0.379 e. The molecule has 1 saturated heterocycles. The van der Waals surface area contributed by atoms with Crippen LogP contribution in [0.5, 0.6) is 0 Å². The van der Waals surface area contributed by atoms with Crippen molar-refractivity contribution in [2.24, 2.45) is 0 Å². The van der Waals surface area contributed by atoms with Gasteiger partial charge < -0.3 is 4.74 Å². The van der Waals surface area contributed by atoms with Crippen molar-refractivity contribution in [3.8, 4) is 23.0 Å². The Morgan fingerprint density at radius 3 is 2.19 bits per heavy atom. The highest BCUT2D eigenvalue weighted by atomic mass is 16.5. The molecule has 0 radical (unpaired) electrons. The number of carbonyl (C=O) groups is 1. The molecule has 0 saturated carbocycles. The average molecular weight is 412 g/mol. The van der Waals surface area contributed by atoms with E-state index in [0.29, 0.717) is 5.56 Å². The molecule has 0 aliphatic carbocycles. The number of hydroxylamine groups is 1. The Bertz CT molecular complexity index is 1090. The molecular weight excluding hydrogens is 388 g/mol. The maximum Gasteiger partial charge on any atom is 0.274 e. The number of carbonyl (C=O) groups excluding carboxylic acids is 1. The van der Waals surface area contributed by atoms with E-state index in [2.05, 4.69) is 41.0 Å². The smallest absolute Gasteiger partial charge is 0.274 e. The number of ether oxygens (including phenoxy) is 1. The van der Waals surface area contributed by atoms with E-state index in [1.807, 2.05) is 30.3 Å². The van der Waals surface area contributed by atoms with Crippen LogP contribution in [0.4, 0.5) is 0 Å². The van der Waals surface area contributed by atoms with Crippen molar-refractivity contribution < 1.29 is 14.7 Å². The molecule has 0 atom stereocenters. The van der Waals surface area contributed by atoms with Crippen molar-refractivity contribution in [3.05, 3.63) is 95.1 Å². The van der Waals surface area contributed by atoms with Gasteiger partial charge in [0.1, 0.15) is 0 Å². The Kier molecular flexibility index (Phi) is 6.75. The summed E-state index contributed by atoms with van der Waals surface area (Å²) < 4.78 is 5.40. The molecule has 3 aromatic carbocycles. The van der Waals surface area contributed by atoms with Crippen molar-refractivity contribution in [2.75, 3.05) is 26.3 Å². The number of hydrogen-bond donors (Lipinski definition) is 2. The van der Waals surface area contributed by atoms with Crippen LogP contribution in [0.1, 0.15) is 27.0 Å². The Balaban J connectivity index is 1.41. The maximum absolute atomic E-state index is 11.6. The van der Waals surface area contributed by atoms with E-state index in [9.17, 15) is 4.79 Å². The number of rotatable bonds is 4. The van der Waals surface area contributed by atoms with Crippen LogP contribution in [0.15, 0.2) is 72.8 Å². The first-order valence-electron chi connectivity index (χ1n) is 10.3. The van der Waals surface area contributed by atoms with Gasteiger partial charge in [-0.25, -0.2) is 5.48 Å². The summed E-state index contributed by atoms with van der Waals surface area (Å²) in [5.41, 5.74) is 7.13. The van der Waals surface area contributed by atoms with Crippen LogP contribution in [0, 0.1) is 11.8 Å². The molecule has 5 heteroatoms. The Morgan fingerprint density at radius 2 is 1.55 bits per heavy atom. The molecule has 0 unspecified atom stereocenters. The summed E-state index contributed by atoms with van der Waals surface area (Å²) >= 11 is 0. The van der Waals surface area contributed by atoms with Gasteiger partial charge in [0.15, 0.2) is 0 Å². The predicted octanol–water partition coefficient (Wildman–Crippen LogP) is 3.70. The highest BCUT2D eigenvalue weighted by Crippen LogP contribution is 2.21. The van der Waals surface area contributed by atoms with E-state index in [4.69, 9.17) is 9.94 Å². The van der Waals surface area contributed by atoms with Crippen LogP contribution in [-0.2, 0) is 11.3 Å². The lowest BCUT2D eigenvalue weighted by Crippen LogP contribution is -2.35. The largest absolute Gasteiger partial charge is 0.379 e. The second-order valence-electron chi connectivity index (χ2n) is 7.43. The quantitative estimate of drug-likeness (QED) is 0.390. The number of morpholine rings is 1. The molecule has 31 heavy (non-hydrogen) atoms. The fraction of sp³-hybridized carbons (Fsp3) is 0.192. The third kappa shape index (κ3) is 5.59. The van der Waals surface area contributed by atoms with Gasteiger partial charge in [-0.2, -0.15) is 0 Å². The van der Waals surface area contributed by atoms with Crippen LogP contribution < -0.4 is 5.48 Å². The van der Waals surface area contributed by atoms with E-state index in [1.165, 1.54) is 5.56 Å². The second kappa shape index (κ2) is 10.1. The molecule has 1 fully saturated rings. The zero-order chi connectivity index (χ0) is 21.5. The zero-order valence-corrected chi connectivity index (χ0v) is 17.2. The van der Waals surface area contributed by atoms with Crippen molar-refractivity contribution in [3.63, 3.8) is 0 Å². The number of nitrogens with one attached hydrogen (secondary N) is 1. The van der Waals surface area contributed by atoms with Crippen LogP contribution in [0.25, 0.3) is 11.1 Å². The average Bonchev–Trinajstić information content (AvgIpc) is 2.84. The molecule has 1 aliphatic rings. The summed E-state index contributed by atoms with van der Waals surface area (Å²) in [4.78, 5) is 14.0. The third-order valence-electron chi connectivity index (χ3n) is 5.26. The molecule has 2 N–H and O–H groups in total. The molecule has 1 heterocycles. The van der Waals surface area contributed by atoms with Crippen LogP contribution in [0.3, 0.4) is 0 Å². The van der Waals surface area contributed by atoms with Gasteiger partial charge in [-0.15, -0.1) is 0 Å². The highest BCUT2D eigenvalue weighted by molar-refractivity contribution is 5.94. The Labute approximate surface area is 182 Å². The number of benzene rings is 3. The topological polar surface area (TPSA) is 61.8 Å². The molecule has 5 nitrogen and oxygen atoms in total. The first-order chi connectivity index (χ1) is 15.2. The van der Waals surface area contributed by atoms with Crippen LogP contribution in [-0.4, -0.2) is 42.3 Å². The van der Waals surface area contributed by atoms with Gasteiger partial charge in [0.2, 0.25) is 0 Å². The second-order valence-corrected chi connectivity index (χ2v) is 7.43. The molecule has 4 rings (SSSR count). The molecule has 1 amide bonds. The molecule has 0 bridgehead atoms. The van der Waals surface area contributed by atoms with Gasteiger partial charge in [0.25, 0.3) is 5.91 Å². The van der Waals surface area contributed by atoms with Gasteiger partial charge in [-0.05, 0) is 53.1 Å². The molecule has 0 aromatic heterocycles.